The van der Waals surface area contributed by atoms with Crippen molar-refractivity contribution in [2.75, 3.05) is 12.8 Å². The van der Waals surface area contributed by atoms with Gasteiger partial charge in [-0.15, -0.1) is 23.7 Å². The first-order valence-corrected chi connectivity index (χ1v) is 6.01. The van der Waals surface area contributed by atoms with E-state index in [0.29, 0.717) is 5.13 Å². The fourth-order valence-corrected chi connectivity index (χ4v) is 2.15. The summed E-state index contributed by atoms with van der Waals surface area (Å²) in [6.07, 6.45) is 0.997. The van der Waals surface area contributed by atoms with E-state index in [1.54, 1.807) is 7.11 Å². The average molecular weight is 271 g/mol. The molecule has 0 atom stereocenters. The van der Waals surface area contributed by atoms with E-state index in [4.69, 9.17) is 10.5 Å². The number of nitrogens with zero attached hydrogens (tertiary/aromatic N) is 1. The van der Waals surface area contributed by atoms with Crippen LogP contribution in [0.15, 0.2) is 23.6 Å². The molecule has 0 fully saturated rings. The van der Waals surface area contributed by atoms with Crippen LogP contribution in [0.1, 0.15) is 12.5 Å². The molecule has 0 saturated carbocycles. The average Bonchev–Trinajstić information content (AvgIpc) is 2.75. The summed E-state index contributed by atoms with van der Waals surface area (Å²) in [5, 5.41) is 2.53. The van der Waals surface area contributed by atoms with Gasteiger partial charge < -0.3 is 10.5 Å². The molecule has 0 saturated heterocycles. The zero-order valence-electron chi connectivity index (χ0n) is 9.77. The van der Waals surface area contributed by atoms with E-state index in [-0.39, 0.29) is 12.4 Å². The first kappa shape index (κ1) is 13.8. The molecule has 0 aliphatic heterocycles. The molecule has 2 aromatic rings. The molecule has 0 spiro atoms. The summed E-state index contributed by atoms with van der Waals surface area (Å²) in [6.45, 7) is 2.13. The molecule has 2 rings (SSSR count). The predicted octanol–water partition coefficient (Wildman–Crippen LogP) is 3.39. The third-order valence-corrected chi connectivity index (χ3v) is 3.14. The molecule has 0 bridgehead atoms. The summed E-state index contributed by atoms with van der Waals surface area (Å²) in [5.74, 6) is 0.836. The lowest BCUT2D eigenvalue weighted by Gasteiger charge is -2.07. The van der Waals surface area contributed by atoms with Gasteiger partial charge >= 0.3 is 0 Å². The number of nitrogens with two attached hydrogens (primary N) is 1. The summed E-state index contributed by atoms with van der Waals surface area (Å²) in [7, 11) is 1.67. The van der Waals surface area contributed by atoms with E-state index < -0.39 is 0 Å². The topological polar surface area (TPSA) is 48.1 Å². The number of benzene rings is 1. The van der Waals surface area contributed by atoms with E-state index in [2.05, 4.69) is 24.0 Å². The predicted molar refractivity (Wildman–Crippen MR) is 75.1 cm³/mol. The van der Waals surface area contributed by atoms with Crippen LogP contribution in [0.4, 0.5) is 5.13 Å². The molecule has 0 aliphatic rings. The second-order valence-corrected chi connectivity index (χ2v) is 4.35. The molecule has 0 unspecified atom stereocenters. The number of anilines is 1. The van der Waals surface area contributed by atoms with Crippen LogP contribution in [0.5, 0.6) is 5.75 Å². The third kappa shape index (κ3) is 2.90. The molecule has 17 heavy (non-hydrogen) atoms. The lowest BCUT2D eigenvalue weighted by Crippen LogP contribution is -1.91. The minimum Gasteiger partial charge on any atom is -0.496 e. The number of hydrogen-bond donors (Lipinski definition) is 1. The number of rotatable bonds is 3. The molecule has 1 aromatic heterocycles. The van der Waals surface area contributed by atoms with Crippen LogP contribution in [0.25, 0.3) is 11.3 Å². The van der Waals surface area contributed by atoms with Crippen LogP contribution in [-0.4, -0.2) is 12.1 Å². The van der Waals surface area contributed by atoms with Gasteiger partial charge in [-0.2, -0.15) is 0 Å². The van der Waals surface area contributed by atoms with Gasteiger partial charge in [-0.25, -0.2) is 4.98 Å². The SMILES string of the molecule is CCc1ccc(OC)c(-c2csc(N)n2)c1.Cl. The van der Waals surface area contributed by atoms with Crippen molar-refractivity contribution in [3.63, 3.8) is 0 Å². The zero-order chi connectivity index (χ0) is 11.5. The fourth-order valence-electron chi connectivity index (χ4n) is 1.59. The molecule has 0 amide bonds. The fraction of sp³-hybridized carbons (Fsp3) is 0.250. The van der Waals surface area contributed by atoms with Gasteiger partial charge in [0.05, 0.1) is 12.8 Å². The number of hydrogen-bond acceptors (Lipinski definition) is 4. The third-order valence-electron chi connectivity index (χ3n) is 2.47. The van der Waals surface area contributed by atoms with Crippen molar-refractivity contribution >= 4 is 28.9 Å². The van der Waals surface area contributed by atoms with Gasteiger partial charge in [0.15, 0.2) is 5.13 Å². The van der Waals surface area contributed by atoms with Gasteiger partial charge in [0.2, 0.25) is 0 Å². The Balaban J connectivity index is 0.00000144. The number of aryl methyl sites for hydroxylation is 1. The quantitative estimate of drug-likeness (QED) is 0.930. The van der Waals surface area contributed by atoms with E-state index in [9.17, 15) is 0 Å². The number of halogens is 1. The number of ether oxygens (including phenoxy) is 1. The van der Waals surface area contributed by atoms with Crippen molar-refractivity contribution in [2.45, 2.75) is 13.3 Å². The van der Waals surface area contributed by atoms with Gasteiger partial charge in [-0.05, 0) is 24.1 Å². The van der Waals surface area contributed by atoms with Crippen LogP contribution in [0, 0.1) is 0 Å². The van der Waals surface area contributed by atoms with Gasteiger partial charge in [0.1, 0.15) is 5.75 Å². The van der Waals surface area contributed by atoms with E-state index in [1.165, 1.54) is 16.9 Å². The Bertz CT molecular complexity index is 499. The van der Waals surface area contributed by atoms with Crippen molar-refractivity contribution in [1.82, 2.24) is 4.98 Å². The summed E-state index contributed by atoms with van der Waals surface area (Å²) in [6, 6.07) is 6.15. The van der Waals surface area contributed by atoms with Gasteiger partial charge in [0, 0.05) is 10.9 Å². The summed E-state index contributed by atoms with van der Waals surface area (Å²) >= 11 is 1.44. The van der Waals surface area contributed by atoms with Crippen LogP contribution < -0.4 is 10.5 Å². The van der Waals surface area contributed by atoms with Gasteiger partial charge in [-0.3, -0.25) is 0 Å². The molecule has 2 N–H and O–H groups in total. The molecule has 92 valence electrons. The van der Waals surface area contributed by atoms with Crippen molar-refractivity contribution in [3.05, 3.63) is 29.1 Å². The normalized spacial score (nSPS) is 9.76. The van der Waals surface area contributed by atoms with Crippen molar-refractivity contribution < 1.29 is 4.74 Å². The van der Waals surface area contributed by atoms with E-state index >= 15 is 0 Å². The minimum absolute atomic E-state index is 0. The zero-order valence-corrected chi connectivity index (χ0v) is 11.4. The Morgan fingerprint density at radius 1 is 1.41 bits per heavy atom. The summed E-state index contributed by atoms with van der Waals surface area (Å²) in [5.41, 5.74) is 8.80. The molecular formula is C12H15ClN2OS. The van der Waals surface area contributed by atoms with E-state index in [1.807, 2.05) is 11.4 Å². The number of methoxy groups -OCH3 is 1. The van der Waals surface area contributed by atoms with Crippen molar-refractivity contribution in [3.8, 4) is 17.0 Å². The second-order valence-electron chi connectivity index (χ2n) is 3.46. The second kappa shape index (κ2) is 5.89. The molecule has 0 radical (unpaired) electrons. The number of thiazole rings is 1. The Labute approximate surface area is 111 Å². The Hall–Kier alpha value is -1.26. The highest BCUT2D eigenvalue weighted by Crippen LogP contribution is 2.32. The first-order chi connectivity index (χ1) is 7.74. The lowest BCUT2D eigenvalue weighted by atomic mass is 10.1. The van der Waals surface area contributed by atoms with Gasteiger partial charge in [-0.1, -0.05) is 13.0 Å². The summed E-state index contributed by atoms with van der Waals surface area (Å²) < 4.78 is 5.33. The molecule has 1 aromatic carbocycles. The first-order valence-electron chi connectivity index (χ1n) is 5.13. The Morgan fingerprint density at radius 3 is 2.71 bits per heavy atom. The van der Waals surface area contributed by atoms with Gasteiger partial charge in [0.25, 0.3) is 0 Å². The highest BCUT2D eigenvalue weighted by molar-refractivity contribution is 7.13. The maximum absolute atomic E-state index is 5.64. The smallest absolute Gasteiger partial charge is 0.180 e. The number of aromatic nitrogens is 1. The van der Waals surface area contributed by atoms with E-state index in [0.717, 1.165) is 23.4 Å². The van der Waals surface area contributed by atoms with Crippen LogP contribution >= 0.6 is 23.7 Å². The Morgan fingerprint density at radius 2 is 2.18 bits per heavy atom. The van der Waals surface area contributed by atoms with Crippen molar-refractivity contribution in [1.29, 1.82) is 0 Å². The number of nitrogen functional groups attached to an aromatic ring is 1. The molecule has 0 aliphatic carbocycles. The maximum Gasteiger partial charge on any atom is 0.180 e. The largest absolute Gasteiger partial charge is 0.496 e. The van der Waals surface area contributed by atoms with Crippen LogP contribution in [0.3, 0.4) is 0 Å². The van der Waals surface area contributed by atoms with Crippen LogP contribution in [-0.2, 0) is 6.42 Å². The molecule has 5 heteroatoms. The highest BCUT2D eigenvalue weighted by atomic mass is 35.5. The summed E-state index contributed by atoms with van der Waals surface area (Å²) in [4.78, 5) is 4.28. The molecule has 3 nitrogen and oxygen atoms in total. The Kier molecular flexibility index (Phi) is 4.78. The minimum atomic E-state index is 0. The lowest BCUT2D eigenvalue weighted by molar-refractivity contribution is 0.416. The monoisotopic (exact) mass is 270 g/mol. The molecule has 1 heterocycles. The maximum atomic E-state index is 5.64. The standard InChI is InChI=1S/C12H14N2OS.ClH/c1-3-8-4-5-11(15-2)9(6-8)10-7-16-12(13)14-10;/h4-7H,3H2,1-2H3,(H2,13,14);1H. The molecular weight excluding hydrogens is 256 g/mol. The van der Waals surface area contributed by atoms with Crippen LogP contribution in [0.2, 0.25) is 0 Å². The highest BCUT2D eigenvalue weighted by Gasteiger charge is 2.09. The van der Waals surface area contributed by atoms with Crippen molar-refractivity contribution in [2.24, 2.45) is 0 Å².